The second kappa shape index (κ2) is 8.58. The number of nitro groups is 1. The summed E-state index contributed by atoms with van der Waals surface area (Å²) < 4.78 is 4.83. The zero-order chi connectivity index (χ0) is 14.1. The van der Waals surface area contributed by atoms with E-state index in [0.717, 1.165) is 25.1 Å². The molecule has 1 aromatic rings. The van der Waals surface area contributed by atoms with Crippen LogP contribution in [0.15, 0.2) is 24.3 Å². The van der Waals surface area contributed by atoms with Gasteiger partial charge >= 0.3 is 0 Å². The van der Waals surface area contributed by atoms with Gasteiger partial charge in [0.05, 0.1) is 17.6 Å². The van der Waals surface area contributed by atoms with Gasteiger partial charge in [0.25, 0.3) is 5.69 Å². The molecule has 1 rings (SSSR count). The van der Waals surface area contributed by atoms with Crippen LogP contribution in [0, 0.1) is 10.1 Å². The lowest BCUT2D eigenvalue weighted by atomic mass is 10.1. The minimum Gasteiger partial charge on any atom is -0.391 e. The molecule has 19 heavy (non-hydrogen) atoms. The zero-order valence-corrected chi connectivity index (χ0v) is 11.0. The summed E-state index contributed by atoms with van der Waals surface area (Å²) in [6.07, 6.45) is 1.02. The highest BCUT2D eigenvalue weighted by Gasteiger charge is 2.04. The Bertz CT molecular complexity index is 381. The Morgan fingerprint density at radius 1 is 1.37 bits per heavy atom. The van der Waals surface area contributed by atoms with Crippen molar-refractivity contribution in [2.75, 3.05) is 26.8 Å². The van der Waals surface area contributed by atoms with Crippen LogP contribution in [-0.2, 0) is 11.2 Å². The molecule has 0 saturated carbocycles. The van der Waals surface area contributed by atoms with Crippen molar-refractivity contribution < 1.29 is 14.8 Å². The Morgan fingerprint density at radius 2 is 2.05 bits per heavy atom. The van der Waals surface area contributed by atoms with Crippen molar-refractivity contribution in [3.8, 4) is 0 Å². The first-order valence-electron chi connectivity index (χ1n) is 6.24. The molecule has 1 atom stereocenters. The lowest BCUT2D eigenvalue weighted by Crippen LogP contribution is -2.24. The second-order valence-corrected chi connectivity index (χ2v) is 4.32. The number of nitrogens with one attached hydrogen (secondary N) is 1. The van der Waals surface area contributed by atoms with E-state index in [4.69, 9.17) is 4.74 Å². The molecule has 1 unspecified atom stereocenters. The molecule has 106 valence electrons. The molecule has 0 spiro atoms. The van der Waals surface area contributed by atoms with E-state index in [1.807, 2.05) is 0 Å². The summed E-state index contributed by atoms with van der Waals surface area (Å²) in [6.45, 7) is 1.85. The summed E-state index contributed by atoms with van der Waals surface area (Å²) in [5.41, 5.74) is 1.16. The molecular weight excluding hydrogens is 248 g/mol. The predicted molar refractivity (Wildman–Crippen MR) is 72.2 cm³/mol. The number of nitro benzene ring substituents is 1. The van der Waals surface area contributed by atoms with Crippen LogP contribution in [-0.4, -0.2) is 42.9 Å². The monoisotopic (exact) mass is 268 g/mol. The molecule has 1 aromatic carbocycles. The second-order valence-electron chi connectivity index (χ2n) is 4.32. The third kappa shape index (κ3) is 6.28. The molecule has 0 aliphatic heterocycles. The highest BCUT2D eigenvalue weighted by Crippen LogP contribution is 2.11. The third-order valence-corrected chi connectivity index (χ3v) is 2.75. The Morgan fingerprint density at radius 3 is 2.63 bits per heavy atom. The first kappa shape index (κ1) is 15.6. The number of hydrogen-bond donors (Lipinski definition) is 2. The van der Waals surface area contributed by atoms with E-state index in [9.17, 15) is 15.2 Å². The van der Waals surface area contributed by atoms with Gasteiger partial charge in [0.15, 0.2) is 0 Å². The van der Waals surface area contributed by atoms with Crippen molar-refractivity contribution in [2.24, 2.45) is 0 Å². The zero-order valence-electron chi connectivity index (χ0n) is 11.0. The molecule has 0 aromatic heterocycles. The van der Waals surface area contributed by atoms with Crippen LogP contribution < -0.4 is 5.32 Å². The van der Waals surface area contributed by atoms with Gasteiger partial charge in [-0.15, -0.1) is 0 Å². The molecule has 6 nitrogen and oxygen atoms in total. The van der Waals surface area contributed by atoms with E-state index in [0.29, 0.717) is 13.0 Å². The number of aliphatic hydroxyl groups excluding tert-OH is 1. The summed E-state index contributed by atoms with van der Waals surface area (Å²) in [5, 5.41) is 23.1. The Kier molecular flexibility index (Phi) is 7.02. The van der Waals surface area contributed by atoms with Crippen LogP contribution >= 0.6 is 0 Å². The third-order valence-electron chi connectivity index (χ3n) is 2.75. The van der Waals surface area contributed by atoms with Crippen molar-refractivity contribution in [1.29, 1.82) is 0 Å². The van der Waals surface area contributed by atoms with Gasteiger partial charge in [-0.05, 0) is 31.5 Å². The van der Waals surface area contributed by atoms with Crippen LogP contribution in [0.2, 0.25) is 0 Å². The van der Waals surface area contributed by atoms with Gasteiger partial charge in [-0.1, -0.05) is 12.1 Å². The first-order chi connectivity index (χ1) is 9.13. The number of ether oxygens (including phenoxy) is 1. The number of nitrogens with zero attached hydrogens (tertiary/aromatic N) is 1. The molecule has 6 heteroatoms. The van der Waals surface area contributed by atoms with Gasteiger partial charge in [-0.25, -0.2) is 0 Å². The molecule has 0 amide bonds. The molecule has 0 bridgehead atoms. The van der Waals surface area contributed by atoms with Crippen LogP contribution in [0.3, 0.4) is 0 Å². The van der Waals surface area contributed by atoms with Gasteiger partial charge in [-0.2, -0.15) is 0 Å². The van der Waals surface area contributed by atoms with E-state index >= 15 is 0 Å². The SMILES string of the molecule is COCC(O)CCNCCc1ccc([N+](=O)[O-])cc1. The van der Waals surface area contributed by atoms with Crippen LogP contribution in [0.25, 0.3) is 0 Å². The predicted octanol–water partition coefficient (Wildman–Crippen LogP) is 1.12. The minimum absolute atomic E-state index is 0.111. The van der Waals surface area contributed by atoms with Gasteiger partial charge in [0, 0.05) is 19.2 Å². The Balaban J connectivity index is 2.17. The number of rotatable bonds is 9. The average molecular weight is 268 g/mol. The fraction of sp³-hybridized carbons (Fsp3) is 0.538. The quantitative estimate of drug-likeness (QED) is 0.398. The maximum Gasteiger partial charge on any atom is 0.269 e. The van der Waals surface area contributed by atoms with Crippen molar-refractivity contribution in [1.82, 2.24) is 5.32 Å². The lowest BCUT2D eigenvalue weighted by molar-refractivity contribution is -0.384. The van der Waals surface area contributed by atoms with Crippen LogP contribution in [0.1, 0.15) is 12.0 Å². The molecule has 2 N–H and O–H groups in total. The average Bonchev–Trinajstić information content (AvgIpc) is 2.39. The number of non-ortho nitro benzene ring substituents is 1. The van der Waals surface area contributed by atoms with E-state index < -0.39 is 11.0 Å². The number of benzene rings is 1. The highest BCUT2D eigenvalue weighted by molar-refractivity contribution is 5.32. The summed E-state index contributed by atoms with van der Waals surface area (Å²) in [6, 6.07) is 6.55. The number of methoxy groups -OCH3 is 1. The summed E-state index contributed by atoms with van der Waals surface area (Å²) >= 11 is 0. The largest absolute Gasteiger partial charge is 0.391 e. The normalized spacial score (nSPS) is 12.3. The molecule has 0 radical (unpaired) electrons. The highest BCUT2D eigenvalue weighted by atomic mass is 16.6. The fourth-order valence-corrected chi connectivity index (χ4v) is 1.69. The van der Waals surface area contributed by atoms with Crippen LogP contribution in [0.4, 0.5) is 5.69 Å². The summed E-state index contributed by atoms with van der Waals surface area (Å²) in [7, 11) is 1.56. The standard InChI is InChI=1S/C13H20N2O4/c1-19-10-13(16)7-9-14-8-6-11-2-4-12(5-3-11)15(17)18/h2-5,13-14,16H,6-10H2,1H3. The molecular formula is C13H20N2O4. The minimum atomic E-state index is -0.433. The van der Waals surface area contributed by atoms with Crippen molar-refractivity contribution in [3.05, 3.63) is 39.9 Å². The first-order valence-corrected chi connectivity index (χ1v) is 6.24. The smallest absolute Gasteiger partial charge is 0.269 e. The maximum absolute atomic E-state index is 10.5. The van der Waals surface area contributed by atoms with E-state index in [2.05, 4.69) is 5.32 Å². The summed E-state index contributed by atoms with van der Waals surface area (Å²) in [4.78, 5) is 10.1. The lowest BCUT2D eigenvalue weighted by Gasteiger charge is -2.09. The van der Waals surface area contributed by atoms with Gasteiger partial charge < -0.3 is 15.2 Å². The number of hydrogen-bond acceptors (Lipinski definition) is 5. The molecule has 0 aliphatic carbocycles. The molecule has 0 fully saturated rings. The fourth-order valence-electron chi connectivity index (χ4n) is 1.69. The van der Waals surface area contributed by atoms with Crippen molar-refractivity contribution in [3.63, 3.8) is 0 Å². The van der Waals surface area contributed by atoms with Crippen molar-refractivity contribution >= 4 is 5.69 Å². The molecule has 0 aliphatic rings. The van der Waals surface area contributed by atoms with Gasteiger partial charge in [-0.3, -0.25) is 10.1 Å². The molecule has 0 heterocycles. The summed E-state index contributed by atoms with van der Waals surface area (Å²) in [5.74, 6) is 0. The van der Waals surface area contributed by atoms with E-state index in [1.165, 1.54) is 12.1 Å². The molecule has 0 saturated heterocycles. The van der Waals surface area contributed by atoms with Gasteiger partial charge in [0.1, 0.15) is 0 Å². The maximum atomic E-state index is 10.5. The van der Waals surface area contributed by atoms with Gasteiger partial charge in [0.2, 0.25) is 0 Å². The topological polar surface area (TPSA) is 84.6 Å². The van der Waals surface area contributed by atoms with Crippen molar-refractivity contribution in [2.45, 2.75) is 18.9 Å². The van der Waals surface area contributed by atoms with E-state index in [-0.39, 0.29) is 5.69 Å². The Labute approximate surface area is 112 Å². The van der Waals surface area contributed by atoms with E-state index in [1.54, 1.807) is 19.2 Å². The van der Waals surface area contributed by atoms with Crippen LogP contribution in [0.5, 0.6) is 0 Å². The number of aliphatic hydroxyl groups is 1. The Hall–Kier alpha value is -1.50.